The fraction of sp³-hybridized carbons (Fsp3) is 0.214. The zero-order chi connectivity index (χ0) is 27.1. The van der Waals surface area contributed by atoms with Gasteiger partial charge < -0.3 is 31.2 Å². The highest BCUT2D eigenvalue weighted by Crippen LogP contribution is 2.24. The first-order chi connectivity index (χ1) is 18.3. The highest BCUT2D eigenvalue weighted by molar-refractivity contribution is 7.08. The number of thiophene rings is 2. The van der Waals surface area contributed by atoms with E-state index in [-0.39, 0.29) is 13.2 Å². The second kappa shape index (κ2) is 12.9. The standard InChI is InChI=1S/C28H28N2O6S2/c29-27(33)25(35-13-17-1-5-19(6-2-17)21-9-11-37-15-21)23(31)24(32)26(28(30)34)36-14-18-3-7-20(8-4-18)22-10-12-38-16-22/h1-12,15-16,23-26,31-32H,13-14H2,(H2,29,33)(H2,30,34). The Bertz CT molecular complexity index is 1200. The number of aliphatic hydroxyl groups excluding tert-OH is 2. The molecule has 2 aromatic carbocycles. The van der Waals surface area contributed by atoms with Gasteiger partial charge in [0.25, 0.3) is 0 Å². The molecule has 198 valence electrons. The minimum Gasteiger partial charge on any atom is -0.387 e. The number of ether oxygens (including phenoxy) is 2. The molecule has 2 aromatic heterocycles. The highest BCUT2D eigenvalue weighted by atomic mass is 32.1. The number of carbonyl (C=O) groups is 2. The minimum absolute atomic E-state index is 0.0557. The molecule has 0 aliphatic heterocycles. The van der Waals surface area contributed by atoms with Gasteiger partial charge in [-0.15, -0.1) is 0 Å². The summed E-state index contributed by atoms with van der Waals surface area (Å²) in [6.45, 7) is -0.111. The second-order valence-corrected chi connectivity index (χ2v) is 10.2. The van der Waals surface area contributed by atoms with E-state index in [1.165, 1.54) is 0 Å². The third kappa shape index (κ3) is 6.93. The molecule has 38 heavy (non-hydrogen) atoms. The Labute approximate surface area is 228 Å². The van der Waals surface area contributed by atoms with Gasteiger partial charge in [0.15, 0.2) is 12.2 Å². The van der Waals surface area contributed by atoms with Crippen molar-refractivity contribution in [2.45, 2.75) is 37.6 Å². The Hall–Kier alpha value is -3.38. The smallest absolute Gasteiger partial charge is 0.249 e. The summed E-state index contributed by atoms with van der Waals surface area (Å²) in [5, 5.41) is 29.4. The van der Waals surface area contributed by atoms with Crippen LogP contribution < -0.4 is 11.5 Å². The number of nitrogens with two attached hydrogens (primary N) is 2. The number of rotatable bonds is 13. The van der Waals surface area contributed by atoms with Crippen LogP contribution in [0.5, 0.6) is 0 Å². The van der Waals surface area contributed by atoms with Crippen LogP contribution in [0, 0.1) is 0 Å². The van der Waals surface area contributed by atoms with E-state index in [2.05, 4.69) is 0 Å². The zero-order valence-electron chi connectivity index (χ0n) is 20.3. The van der Waals surface area contributed by atoms with Crippen LogP contribution in [-0.4, -0.2) is 46.4 Å². The van der Waals surface area contributed by atoms with Gasteiger partial charge >= 0.3 is 0 Å². The quantitative estimate of drug-likeness (QED) is 0.200. The third-order valence-corrected chi connectivity index (χ3v) is 7.37. The number of primary amides is 2. The molecule has 0 spiro atoms. The zero-order valence-corrected chi connectivity index (χ0v) is 21.9. The van der Waals surface area contributed by atoms with Crippen molar-refractivity contribution >= 4 is 34.5 Å². The fourth-order valence-corrected chi connectivity index (χ4v) is 5.20. The van der Waals surface area contributed by atoms with E-state index >= 15 is 0 Å². The van der Waals surface area contributed by atoms with Gasteiger partial charge in [-0.3, -0.25) is 9.59 Å². The highest BCUT2D eigenvalue weighted by Gasteiger charge is 2.39. The van der Waals surface area contributed by atoms with Crippen LogP contribution in [0.2, 0.25) is 0 Å². The molecule has 10 heteroatoms. The van der Waals surface area contributed by atoms with Crippen molar-refractivity contribution in [1.82, 2.24) is 0 Å². The van der Waals surface area contributed by atoms with Crippen molar-refractivity contribution in [3.8, 4) is 22.3 Å². The normalized spacial score (nSPS) is 14.5. The Morgan fingerprint density at radius 1 is 0.632 bits per heavy atom. The first kappa shape index (κ1) is 27.6. The first-order valence-electron chi connectivity index (χ1n) is 11.7. The Morgan fingerprint density at radius 3 is 1.29 bits per heavy atom. The predicted octanol–water partition coefficient (Wildman–Crippen LogP) is 3.31. The lowest BCUT2D eigenvalue weighted by Crippen LogP contribution is -2.54. The van der Waals surface area contributed by atoms with Crippen molar-refractivity contribution in [1.29, 1.82) is 0 Å². The van der Waals surface area contributed by atoms with E-state index in [4.69, 9.17) is 20.9 Å². The van der Waals surface area contributed by atoms with Crippen molar-refractivity contribution in [2.75, 3.05) is 0 Å². The summed E-state index contributed by atoms with van der Waals surface area (Å²) in [6, 6.07) is 19.0. The lowest BCUT2D eigenvalue weighted by Gasteiger charge is -2.29. The molecule has 0 fully saturated rings. The molecule has 0 radical (unpaired) electrons. The largest absolute Gasteiger partial charge is 0.387 e. The summed E-state index contributed by atoms with van der Waals surface area (Å²) in [4.78, 5) is 24.1. The molecular formula is C28H28N2O6S2. The molecule has 0 saturated heterocycles. The van der Waals surface area contributed by atoms with E-state index in [1.807, 2.05) is 82.2 Å². The van der Waals surface area contributed by atoms with Crippen LogP contribution in [0.1, 0.15) is 11.1 Å². The van der Waals surface area contributed by atoms with Crippen molar-refractivity contribution in [3.05, 3.63) is 93.3 Å². The van der Waals surface area contributed by atoms with Crippen LogP contribution in [-0.2, 0) is 32.3 Å². The van der Waals surface area contributed by atoms with Gasteiger partial charge in [-0.25, -0.2) is 0 Å². The molecule has 4 aromatic rings. The molecule has 6 N–H and O–H groups in total. The van der Waals surface area contributed by atoms with Crippen molar-refractivity contribution in [3.63, 3.8) is 0 Å². The molecule has 4 atom stereocenters. The molecule has 0 aliphatic rings. The molecule has 0 saturated carbocycles. The minimum atomic E-state index is -1.85. The maximum Gasteiger partial charge on any atom is 0.249 e. The fourth-order valence-electron chi connectivity index (χ4n) is 3.87. The Morgan fingerprint density at radius 2 is 1.00 bits per heavy atom. The monoisotopic (exact) mass is 552 g/mol. The van der Waals surface area contributed by atoms with Crippen LogP contribution in [0.4, 0.5) is 0 Å². The molecule has 8 nitrogen and oxygen atoms in total. The van der Waals surface area contributed by atoms with Gasteiger partial charge in [0.1, 0.15) is 12.2 Å². The summed E-state index contributed by atoms with van der Waals surface area (Å²) in [6.07, 6.45) is -6.90. The van der Waals surface area contributed by atoms with Gasteiger partial charge in [0.05, 0.1) is 13.2 Å². The van der Waals surface area contributed by atoms with E-state index in [1.54, 1.807) is 22.7 Å². The van der Waals surface area contributed by atoms with E-state index in [0.717, 1.165) is 33.4 Å². The van der Waals surface area contributed by atoms with Gasteiger partial charge in [-0.05, 0) is 67.0 Å². The maximum absolute atomic E-state index is 12.0. The van der Waals surface area contributed by atoms with Crippen LogP contribution in [0.25, 0.3) is 22.3 Å². The second-order valence-electron chi connectivity index (χ2n) is 8.67. The number of amides is 2. The van der Waals surface area contributed by atoms with Crippen LogP contribution in [0.3, 0.4) is 0 Å². The Kier molecular flexibility index (Phi) is 9.40. The molecule has 0 bridgehead atoms. The summed E-state index contributed by atoms with van der Waals surface area (Å²) in [5.41, 5.74) is 16.6. The number of aliphatic hydroxyl groups is 2. The molecular weight excluding hydrogens is 524 g/mol. The van der Waals surface area contributed by atoms with Gasteiger partial charge in [-0.2, -0.15) is 22.7 Å². The SMILES string of the molecule is NC(=O)C(OCc1ccc(-c2ccsc2)cc1)C(O)C(O)C(OCc1ccc(-c2ccsc2)cc1)C(N)=O. The van der Waals surface area contributed by atoms with E-state index in [0.29, 0.717) is 0 Å². The summed E-state index contributed by atoms with van der Waals surface area (Å²) in [5.74, 6) is -2.00. The van der Waals surface area contributed by atoms with E-state index < -0.39 is 36.2 Å². The lowest BCUT2D eigenvalue weighted by molar-refractivity contribution is -0.167. The van der Waals surface area contributed by atoms with Crippen LogP contribution >= 0.6 is 22.7 Å². The number of hydrogen-bond donors (Lipinski definition) is 4. The summed E-state index contributed by atoms with van der Waals surface area (Å²) in [7, 11) is 0. The topological polar surface area (TPSA) is 145 Å². The molecule has 2 heterocycles. The molecule has 0 aliphatic carbocycles. The van der Waals surface area contributed by atoms with E-state index in [9.17, 15) is 19.8 Å². The van der Waals surface area contributed by atoms with Gasteiger partial charge in [0, 0.05) is 0 Å². The predicted molar refractivity (Wildman–Crippen MR) is 147 cm³/mol. The number of benzene rings is 2. The third-order valence-electron chi connectivity index (χ3n) is 6.01. The number of hydrogen-bond acceptors (Lipinski definition) is 8. The number of carbonyl (C=O) groups excluding carboxylic acids is 2. The summed E-state index contributed by atoms with van der Waals surface area (Å²) < 4.78 is 11.1. The van der Waals surface area contributed by atoms with Gasteiger partial charge in [0.2, 0.25) is 11.8 Å². The lowest BCUT2D eigenvalue weighted by atomic mass is 10.0. The average Bonchev–Trinajstić information content (AvgIpc) is 3.64. The first-order valence-corrected chi connectivity index (χ1v) is 13.6. The molecule has 4 unspecified atom stereocenters. The Balaban J connectivity index is 1.36. The van der Waals surface area contributed by atoms with Crippen LogP contribution in [0.15, 0.2) is 82.2 Å². The molecule has 4 rings (SSSR count). The summed E-state index contributed by atoms with van der Waals surface area (Å²) >= 11 is 3.20. The average molecular weight is 553 g/mol. The molecule has 2 amide bonds. The van der Waals surface area contributed by atoms with Gasteiger partial charge in [-0.1, -0.05) is 48.5 Å². The maximum atomic E-state index is 12.0. The van der Waals surface area contributed by atoms with Crippen molar-refractivity contribution in [2.24, 2.45) is 11.5 Å². The van der Waals surface area contributed by atoms with Crippen molar-refractivity contribution < 1.29 is 29.3 Å².